The summed E-state index contributed by atoms with van der Waals surface area (Å²) >= 11 is 1.40. The number of nitrogens with zero attached hydrogens (tertiary/aromatic N) is 4. The third kappa shape index (κ3) is 4.13. The minimum atomic E-state index is -0.262. The molecule has 0 atom stereocenters. The van der Waals surface area contributed by atoms with Crippen molar-refractivity contribution in [3.8, 4) is 5.75 Å². The number of thiazole rings is 1. The Hall–Kier alpha value is -4.11. The number of benzene rings is 2. The van der Waals surface area contributed by atoms with Crippen LogP contribution in [0.1, 0.15) is 28.9 Å². The average Bonchev–Trinajstić information content (AvgIpc) is 3.44. The van der Waals surface area contributed by atoms with Crippen LogP contribution in [0.15, 0.2) is 66.9 Å². The maximum Gasteiger partial charge on any atom is 0.260 e. The van der Waals surface area contributed by atoms with Crippen LogP contribution in [0.25, 0.3) is 10.2 Å². The normalized spacial score (nSPS) is 13.5. The van der Waals surface area contributed by atoms with Crippen molar-refractivity contribution in [2.24, 2.45) is 0 Å². The van der Waals surface area contributed by atoms with Crippen molar-refractivity contribution in [2.75, 3.05) is 16.9 Å². The lowest BCUT2D eigenvalue weighted by molar-refractivity contribution is -0.121. The van der Waals surface area contributed by atoms with E-state index in [9.17, 15) is 14.4 Å². The lowest BCUT2D eigenvalue weighted by atomic mass is 10.1. The van der Waals surface area contributed by atoms with Crippen molar-refractivity contribution in [3.05, 3.63) is 78.1 Å². The Balaban J connectivity index is 1.49. The molecule has 1 aliphatic rings. The first kappa shape index (κ1) is 21.7. The Bertz CT molecular complexity index is 1370. The van der Waals surface area contributed by atoms with Crippen LogP contribution in [0.3, 0.4) is 0 Å². The molecule has 1 aliphatic heterocycles. The minimum absolute atomic E-state index is 0.208. The van der Waals surface area contributed by atoms with Gasteiger partial charge in [0.1, 0.15) is 5.75 Å². The van der Waals surface area contributed by atoms with Gasteiger partial charge >= 0.3 is 0 Å². The standard InChI is InChI=1S/C25H20N4O4S/c1-33-19-9-10-21-20(14-19)27-25(34-21)28(15-17-4-2-3-13-26-17)24(32)16-5-7-18(8-6-16)29-22(30)11-12-23(29)31/h2-10,13-14H,11-12,15H2,1H3. The molecular formula is C25H20N4O4S. The number of amides is 3. The van der Waals surface area contributed by atoms with E-state index in [1.165, 1.54) is 16.2 Å². The van der Waals surface area contributed by atoms with Gasteiger partial charge < -0.3 is 4.74 Å². The van der Waals surface area contributed by atoms with Gasteiger partial charge in [0.2, 0.25) is 11.8 Å². The van der Waals surface area contributed by atoms with E-state index >= 15 is 0 Å². The molecule has 4 aromatic rings. The highest BCUT2D eigenvalue weighted by atomic mass is 32.1. The molecule has 1 fully saturated rings. The van der Waals surface area contributed by atoms with Gasteiger partial charge in [-0.2, -0.15) is 0 Å². The third-order valence-corrected chi connectivity index (χ3v) is 6.59. The molecule has 34 heavy (non-hydrogen) atoms. The molecule has 9 heteroatoms. The lowest BCUT2D eigenvalue weighted by Gasteiger charge is -2.20. The Morgan fingerprint density at radius 3 is 2.50 bits per heavy atom. The smallest absolute Gasteiger partial charge is 0.260 e. The molecular weight excluding hydrogens is 452 g/mol. The highest BCUT2D eigenvalue weighted by Gasteiger charge is 2.30. The summed E-state index contributed by atoms with van der Waals surface area (Å²) in [5.74, 6) is -0.0348. The molecule has 2 aromatic heterocycles. The summed E-state index contributed by atoms with van der Waals surface area (Å²) in [6.45, 7) is 0.238. The van der Waals surface area contributed by atoms with Gasteiger partial charge in [-0.15, -0.1) is 0 Å². The number of hydrogen-bond acceptors (Lipinski definition) is 7. The number of ether oxygens (including phenoxy) is 1. The Morgan fingerprint density at radius 1 is 1.06 bits per heavy atom. The number of carbonyl (C=O) groups is 3. The number of anilines is 2. The number of imide groups is 1. The SMILES string of the molecule is COc1ccc2sc(N(Cc3ccccn3)C(=O)c3ccc(N4C(=O)CCC4=O)cc3)nc2c1. The fourth-order valence-corrected chi connectivity index (χ4v) is 4.73. The number of carbonyl (C=O) groups excluding carboxylic acids is 3. The second-order valence-electron chi connectivity index (χ2n) is 7.71. The van der Waals surface area contributed by atoms with Gasteiger partial charge in [0.05, 0.1) is 35.3 Å². The Kier molecular flexibility index (Phi) is 5.77. The molecule has 0 saturated carbocycles. The van der Waals surface area contributed by atoms with Gasteiger partial charge in [-0.1, -0.05) is 17.4 Å². The maximum absolute atomic E-state index is 13.6. The van der Waals surface area contributed by atoms with Crippen LogP contribution in [-0.4, -0.2) is 34.8 Å². The molecule has 0 N–H and O–H groups in total. The van der Waals surface area contributed by atoms with Crippen molar-refractivity contribution in [3.63, 3.8) is 0 Å². The van der Waals surface area contributed by atoms with Gasteiger partial charge in [-0.25, -0.2) is 4.98 Å². The first-order valence-electron chi connectivity index (χ1n) is 10.7. The molecule has 2 aromatic carbocycles. The number of rotatable bonds is 6. The number of hydrogen-bond donors (Lipinski definition) is 0. The summed E-state index contributed by atoms with van der Waals surface area (Å²) < 4.78 is 6.22. The molecule has 5 rings (SSSR count). The fraction of sp³-hybridized carbons (Fsp3) is 0.160. The predicted molar refractivity (Wildman–Crippen MR) is 129 cm³/mol. The van der Waals surface area contributed by atoms with Gasteiger partial charge in [0.15, 0.2) is 5.13 Å². The number of fused-ring (bicyclic) bond motifs is 1. The zero-order valence-corrected chi connectivity index (χ0v) is 19.1. The lowest BCUT2D eigenvalue weighted by Crippen LogP contribution is -2.31. The molecule has 3 heterocycles. The van der Waals surface area contributed by atoms with Crippen LogP contribution in [-0.2, 0) is 16.1 Å². The van der Waals surface area contributed by atoms with E-state index in [0.717, 1.165) is 15.9 Å². The summed E-state index contributed by atoms with van der Waals surface area (Å²) in [5.41, 5.74) is 2.33. The van der Waals surface area contributed by atoms with E-state index < -0.39 is 0 Å². The Labute approximate surface area is 199 Å². The van der Waals surface area contributed by atoms with Crippen LogP contribution in [0.5, 0.6) is 5.75 Å². The van der Waals surface area contributed by atoms with Crippen molar-refractivity contribution in [1.29, 1.82) is 0 Å². The van der Waals surface area contributed by atoms with Gasteiger partial charge in [0, 0.05) is 30.7 Å². The number of pyridine rings is 1. The van der Waals surface area contributed by atoms with Crippen LogP contribution >= 0.6 is 11.3 Å². The summed E-state index contributed by atoms with van der Waals surface area (Å²) in [7, 11) is 1.60. The molecule has 1 saturated heterocycles. The van der Waals surface area contributed by atoms with Crippen LogP contribution < -0.4 is 14.5 Å². The van der Waals surface area contributed by atoms with Crippen LogP contribution in [0, 0.1) is 0 Å². The topological polar surface area (TPSA) is 92.7 Å². The summed E-state index contributed by atoms with van der Waals surface area (Å²) in [6, 6.07) is 17.6. The first-order valence-corrected chi connectivity index (χ1v) is 11.5. The highest BCUT2D eigenvalue weighted by molar-refractivity contribution is 7.22. The number of methoxy groups -OCH3 is 1. The largest absolute Gasteiger partial charge is 0.497 e. The molecule has 0 unspecified atom stereocenters. The van der Waals surface area contributed by atoms with E-state index in [0.29, 0.717) is 22.1 Å². The molecule has 0 aliphatic carbocycles. The maximum atomic E-state index is 13.6. The molecule has 0 bridgehead atoms. The number of aromatic nitrogens is 2. The second kappa shape index (κ2) is 9.03. The summed E-state index contributed by atoms with van der Waals surface area (Å²) in [5, 5.41) is 0.535. The van der Waals surface area contributed by atoms with Crippen molar-refractivity contribution >= 4 is 50.1 Å². The molecule has 170 valence electrons. The van der Waals surface area contributed by atoms with E-state index in [4.69, 9.17) is 4.74 Å². The Morgan fingerprint density at radius 2 is 1.82 bits per heavy atom. The average molecular weight is 473 g/mol. The zero-order valence-electron chi connectivity index (χ0n) is 18.3. The molecule has 0 radical (unpaired) electrons. The summed E-state index contributed by atoms with van der Waals surface area (Å²) in [6.07, 6.45) is 2.10. The van der Waals surface area contributed by atoms with Crippen molar-refractivity contribution in [2.45, 2.75) is 19.4 Å². The fourth-order valence-electron chi connectivity index (χ4n) is 3.79. The second-order valence-corrected chi connectivity index (χ2v) is 8.72. The van der Waals surface area contributed by atoms with Gasteiger partial charge in [0.25, 0.3) is 5.91 Å². The minimum Gasteiger partial charge on any atom is -0.497 e. The predicted octanol–water partition coefficient (Wildman–Crippen LogP) is 4.20. The quantitative estimate of drug-likeness (QED) is 0.391. The van der Waals surface area contributed by atoms with Gasteiger partial charge in [-0.3, -0.25) is 29.2 Å². The van der Waals surface area contributed by atoms with Crippen LogP contribution in [0.2, 0.25) is 0 Å². The molecule has 0 spiro atoms. The molecule has 3 amide bonds. The van der Waals surface area contributed by atoms with Gasteiger partial charge in [-0.05, 0) is 48.5 Å². The van der Waals surface area contributed by atoms with E-state index in [-0.39, 0.29) is 37.1 Å². The highest BCUT2D eigenvalue weighted by Crippen LogP contribution is 2.33. The first-order chi connectivity index (χ1) is 16.5. The van der Waals surface area contributed by atoms with Crippen molar-refractivity contribution < 1.29 is 19.1 Å². The molecule has 8 nitrogen and oxygen atoms in total. The van der Waals surface area contributed by atoms with E-state index in [2.05, 4.69) is 9.97 Å². The van der Waals surface area contributed by atoms with Crippen LogP contribution in [0.4, 0.5) is 10.8 Å². The summed E-state index contributed by atoms with van der Waals surface area (Å²) in [4.78, 5) is 49.5. The van der Waals surface area contributed by atoms with Crippen molar-refractivity contribution in [1.82, 2.24) is 9.97 Å². The third-order valence-electron chi connectivity index (χ3n) is 5.53. The van der Waals surface area contributed by atoms with E-state index in [1.807, 2.05) is 36.4 Å². The van der Waals surface area contributed by atoms with E-state index in [1.54, 1.807) is 42.5 Å². The monoisotopic (exact) mass is 472 g/mol. The zero-order chi connectivity index (χ0) is 23.7.